The summed E-state index contributed by atoms with van der Waals surface area (Å²) < 4.78 is 0. The molecule has 2 atom stereocenters. The van der Waals surface area contributed by atoms with E-state index in [0.717, 1.165) is 18.5 Å². The summed E-state index contributed by atoms with van der Waals surface area (Å²) in [4.78, 5) is 0. The Morgan fingerprint density at radius 2 is 2.33 bits per heavy atom. The van der Waals surface area contributed by atoms with Crippen molar-refractivity contribution in [2.45, 2.75) is 45.1 Å². The van der Waals surface area contributed by atoms with E-state index in [4.69, 9.17) is 0 Å². The van der Waals surface area contributed by atoms with Crippen LogP contribution in [-0.2, 0) is 0 Å². The maximum Gasteiger partial charge on any atom is 0.00696 e. The SMILES string of the molecule is C=CCC1CCCC(NCC)C1. The van der Waals surface area contributed by atoms with Gasteiger partial charge in [-0.15, -0.1) is 6.58 Å². The quantitative estimate of drug-likeness (QED) is 0.635. The van der Waals surface area contributed by atoms with Crippen LogP contribution in [0, 0.1) is 5.92 Å². The molecule has 1 aliphatic rings. The third kappa shape index (κ3) is 2.98. The highest BCUT2D eigenvalue weighted by Crippen LogP contribution is 2.26. The zero-order chi connectivity index (χ0) is 8.81. The summed E-state index contributed by atoms with van der Waals surface area (Å²) in [6, 6.07) is 0.786. The van der Waals surface area contributed by atoms with Crippen molar-refractivity contribution in [3.05, 3.63) is 12.7 Å². The Hall–Kier alpha value is -0.300. The van der Waals surface area contributed by atoms with Crippen molar-refractivity contribution < 1.29 is 0 Å². The van der Waals surface area contributed by atoms with Gasteiger partial charge in [0.1, 0.15) is 0 Å². The van der Waals surface area contributed by atoms with Crippen molar-refractivity contribution in [2.24, 2.45) is 5.92 Å². The zero-order valence-corrected chi connectivity index (χ0v) is 8.18. The summed E-state index contributed by atoms with van der Waals surface area (Å²) in [7, 11) is 0. The highest BCUT2D eigenvalue weighted by Gasteiger charge is 2.19. The highest BCUT2D eigenvalue weighted by atomic mass is 14.9. The predicted molar refractivity (Wildman–Crippen MR) is 54.2 cm³/mol. The monoisotopic (exact) mass is 167 g/mol. The normalized spacial score (nSPS) is 30.1. The third-order valence-corrected chi connectivity index (χ3v) is 2.78. The molecule has 0 spiro atoms. The maximum atomic E-state index is 3.81. The van der Waals surface area contributed by atoms with Crippen LogP contribution in [0.5, 0.6) is 0 Å². The minimum Gasteiger partial charge on any atom is -0.314 e. The molecule has 0 aromatic carbocycles. The Kier molecular flexibility index (Phi) is 4.37. The number of rotatable bonds is 4. The molecule has 0 radical (unpaired) electrons. The molecule has 0 aromatic rings. The van der Waals surface area contributed by atoms with Crippen LogP contribution in [0.1, 0.15) is 39.0 Å². The average molecular weight is 167 g/mol. The molecule has 1 saturated carbocycles. The Morgan fingerprint density at radius 3 is 3.00 bits per heavy atom. The molecule has 1 aliphatic carbocycles. The van der Waals surface area contributed by atoms with E-state index < -0.39 is 0 Å². The van der Waals surface area contributed by atoms with Crippen LogP contribution in [0.4, 0.5) is 0 Å². The van der Waals surface area contributed by atoms with Crippen molar-refractivity contribution in [1.82, 2.24) is 5.32 Å². The molecule has 0 amide bonds. The van der Waals surface area contributed by atoms with E-state index in [1.165, 1.54) is 32.1 Å². The Morgan fingerprint density at radius 1 is 1.50 bits per heavy atom. The van der Waals surface area contributed by atoms with Gasteiger partial charge in [-0.1, -0.05) is 25.8 Å². The summed E-state index contributed by atoms with van der Waals surface area (Å²) >= 11 is 0. The van der Waals surface area contributed by atoms with E-state index in [-0.39, 0.29) is 0 Å². The lowest BCUT2D eigenvalue weighted by Crippen LogP contribution is -2.33. The molecule has 1 heteroatoms. The van der Waals surface area contributed by atoms with Gasteiger partial charge in [0, 0.05) is 6.04 Å². The summed E-state index contributed by atoms with van der Waals surface area (Å²) in [5.41, 5.74) is 0. The molecule has 0 bridgehead atoms. The van der Waals surface area contributed by atoms with E-state index in [9.17, 15) is 0 Å². The van der Waals surface area contributed by atoms with Gasteiger partial charge in [-0.25, -0.2) is 0 Å². The molecule has 0 aromatic heterocycles. The lowest BCUT2D eigenvalue weighted by molar-refractivity contribution is 0.290. The summed E-state index contributed by atoms with van der Waals surface area (Å²) in [6.45, 7) is 7.11. The van der Waals surface area contributed by atoms with E-state index in [1.54, 1.807) is 0 Å². The molecule has 0 saturated heterocycles. The molecule has 0 aliphatic heterocycles. The van der Waals surface area contributed by atoms with Crippen LogP contribution in [0.15, 0.2) is 12.7 Å². The lowest BCUT2D eigenvalue weighted by atomic mass is 9.84. The van der Waals surface area contributed by atoms with Crippen molar-refractivity contribution in [1.29, 1.82) is 0 Å². The molecule has 1 rings (SSSR count). The third-order valence-electron chi connectivity index (χ3n) is 2.78. The topological polar surface area (TPSA) is 12.0 Å². The van der Waals surface area contributed by atoms with Gasteiger partial charge in [0.2, 0.25) is 0 Å². The molecule has 0 heterocycles. The van der Waals surface area contributed by atoms with Gasteiger partial charge >= 0.3 is 0 Å². The number of nitrogens with one attached hydrogen (secondary N) is 1. The van der Waals surface area contributed by atoms with Gasteiger partial charge in [-0.3, -0.25) is 0 Å². The van der Waals surface area contributed by atoms with Gasteiger partial charge in [0.05, 0.1) is 0 Å². The van der Waals surface area contributed by atoms with Crippen molar-refractivity contribution in [3.63, 3.8) is 0 Å². The molecule has 2 unspecified atom stereocenters. The Bertz CT molecular complexity index is 129. The standard InChI is InChI=1S/C11H21N/c1-3-6-10-7-5-8-11(9-10)12-4-2/h3,10-12H,1,4-9H2,2H3. The van der Waals surface area contributed by atoms with Crippen molar-refractivity contribution in [2.75, 3.05) is 6.54 Å². The van der Waals surface area contributed by atoms with Gasteiger partial charge < -0.3 is 5.32 Å². The van der Waals surface area contributed by atoms with E-state index in [1.807, 2.05) is 0 Å². The average Bonchev–Trinajstić information content (AvgIpc) is 2.06. The summed E-state index contributed by atoms with van der Waals surface area (Å²) in [5, 5.41) is 3.54. The largest absolute Gasteiger partial charge is 0.314 e. The first-order valence-electron chi connectivity index (χ1n) is 5.21. The minimum absolute atomic E-state index is 0.786. The van der Waals surface area contributed by atoms with Crippen LogP contribution in [0.2, 0.25) is 0 Å². The van der Waals surface area contributed by atoms with Crippen LogP contribution in [0.3, 0.4) is 0 Å². The van der Waals surface area contributed by atoms with Gasteiger partial charge in [0.15, 0.2) is 0 Å². The van der Waals surface area contributed by atoms with Crippen molar-refractivity contribution in [3.8, 4) is 0 Å². The summed E-state index contributed by atoms with van der Waals surface area (Å²) in [6.07, 6.45) is 8.83. The number of hydrogen-bond acceptors (Lipinski definition) is 1. The Balaban J connectivity index is 2.24. The molecule has 1 N–H and O–H groups in total. The molecule has 12 heavy (non-hydrogen) atoms. The molecule has 70 valence electrons. The van der Waals surface area contributed by atoms with E-state index >= 15 is 0 Å². The molecular formula is C11H21N. The second-order valence-corrected chi connectivity index (χ2v) is 3.81. The fourth-order valence-electron chi connectivity index (χ4n) is 2.21. The number of hydrogen-bond donors (Lipinski definition) is 1. The number of allylic oxidation sites excluding steroid dienone is 1. The van der Waals surface area contributed by atoms with Crippen LogP contribution < -0.4 is 5.32 Å². The van der Waals surface area contributed by atoms with Crippen LogP contribution in [0.25, 0.3) is 0 Å². The fraction of sp³-hybridized carbons (Fsp3) is 0.818. The predicted octanol–water partition coefficient (Wildman–Crippen LogP) is 2.73. The first-order chi connectivity index (χ1) is 5.86. The van der Waals surface area contributed by atoms with Crippen LogP contribution >= 0.6 is 0 Å². The van der Waals surface area contributed by atoms with E-state index in [2.05, 4.69) is 24.9 Å². The van der Waals surface area contributed by atoms with E-state index in [0.29, 0.717) is 0 Å². The second kappa shape index (κ2) is 5.36. The fourth-order valence-corrected chi connectivity index (χ4v) is 2.21. The minimum atomic E-state index is 0.786. The van der Waals surface area contributed by atoms with Gasteiger partial charge in [-0.05, 0) is 31.7 Å². The Labute approximate surface area is 76.2 Å². The smallest absolute Gasteiger partial charge is 0.00696 e. The van der Waals surface area contributed by atoms with Crippen LogP contribution in [-0.4, -0.2) is 12.6 Å². The molecular weight excluding hydrogens is 146 g/mol. The highest BCUT2D eigenvalue weighted by molar-refractivity contribution is 4.82. The lowest BCUT2D eigenvalue weighted by Gasteiger charge is -2.28. The van der Waals surface area contributed by atoms with Gasteiger partial charge in [0.25, 0.3) is 0 Å². The molecule has 1 fully saturated rings. The first-order valence-corrected chi connectivity index (χ1v) is 5.21. The molecule has 1 nitrogen and oxygen atoms in total. The second-order valence-electron chi connectivity index (χ2n) is 3.81. The summed E-state index contributed by atoms with van der Waals surface area (Å²) in [5.74, 6) is 0.903. The van der Waals surface area contributed by atoms with Crippen molar-refractivity contribution >= 4 is 0 Å². The zero-order valence-electron chi connectivity index (χ0n) is 8.18. The first kappa shape index (κ1) is 9.79. The van der Waals surface area contributed by atoms with Gasteiger partial charge in [-0.2, -0.15) is 0 Å². The maximum absolute atomic E-state index is 3.81.